The molecule has 28 heavy (non-hydrogen) atoms. The topological polar surface area (TPSA) is 70.1 Å². The zero-order valence-corrected chi connectivity index (χ0v) is 18.0. The average molecular weight is 404 g/mol. The van der Waals surface area contributed by atoms with Gasteiger partial charge in [-0.2, -0.15) is 0 Å². The molecular weight excluding hydrogens is 374 g/mol. The molecule has 0 radical (unpaired) electrons. The largest absolute Gasteiger partial charge is 0.497 e. The van der Waals surface area contributed by atoms with Gasteiger partial charge in [0.15, 0.2) is 5.96 Å². The molecule has 0 saturated carbocycles. The summed E-state index contributed by atoms with van der Waals surface area (Å²) < 4.78 is 5.20. The second-order valence-corrected chi connectivity index (χ2v) is 7.71. The van der Waals surface area contributed by atoms with E-state index >= 15 is 0 Å². The first kappa shape index (κ1) is 21.7. The normalized spacial score (nSPS) is 12.4. The van der Waals surface area contributed by atoms with E-state index in [1.807, 2.05) is 47.8 Å². The summed E-state index contributed by atoms with van der Waals surface area (Å²) in [5.41, 5.74) is 1.07. The van der Waals surface area contributed by atoms with Crippen molar-refractivity contribution in [2.24, 2.45) is 4.99 Å². The zero-order chi connectivity index (χ0) is 20.5. The second-order valence-electron chi connectivity index (χ2n) is 6.78. The highest BCUT2D eigenvalue weighted by Gasteiger charge is 2.15. The first-order valence-electron chi connectivity index (χ1n) is 9.12. The lowest BCUT2D eigenvalue weighted by molar-refractivity contribution is -0.127. The third-order valence-electron chi connectivity index (χ3n) is 4.25. The fourth-order valence-corrected chi connectivity index (χ4v) is 3.26. The minimum Gasteiger partial charge on any atom is -0.497 e. The van der Waals surface area contributed by atoms with Crippen LogP contribution in [0, 0.1) is 0 Å². The van der Waals surface area contributed by atoms with E-state index in [2.05, 4.69) is 17.2 Å². The van der Waals surface area contributed by atoms with Crippen molar-refractivity contribution in [3.63, 3.8) is 0 Å². The smallest absolute Gasteiger partial charge is 0.241 e. The molecule has 8 heteroatoms. The molecule has 0 aliphatic carbocycles. The maximum Gasteiger partial charge on any atom is 0.241 e. The van der Waals surface area contributed by atoms with Gasteiger partial charge >= 0.3 is 0 Å². The van der Waals surface area contributed by atoms with Gasteiger partial charge in [-0.15, -0.1) is 11.3 Å². The predicted octanol–water partition coefficient (Wildman–Crippen LogP) is 2.42. The van der Waals surface area contributed by atoms with E-state index in [1.165, 1.54) is 0 Å². The number of ether oxygens (including phenoxy) is 1. The van der Waals surface area contributed by atoms with E-state index < -0.39 is 0 Å². The number of nitrogens with zero attached hydrogens (tertiary/aromatic N) is 4. The molecule has 1 unspecified atom stereocenters. The Hall–Kier alpha value is -2.61. The lowest BCUT2D eigenvalue weighted by Gasteiger charge is -2.25. The summed E-state index contributed by atoms with van der Waals surface area (Å²) in [4.78, 5) is 24.7. The van der Waals surface area contributed by atoms with Crippen molar-refractivity contribution in [3.8, 4) is 5.75 Å². The number of nitrogens with one attached hydrogen (secondary N) is 1. The minimum atomic E-state index is -0.00137. The molecule has 0 fully saturated rings. The average Bonchev–Trinajstić information content (AvgIpc) is 3.23. The Morgan fingerprint density at radius 2 is 2.00 bits per heavy atom. The molecule has 1 amide bonds. The number of amides is 1. The van der Waals surface area contributed by atoms with Crippen molar-refractivity contribution in [2.45, 2.75) is 19.4 Å². The molecule has 0 aliphatic heterocycles. The lowest BCUT2D eigenvalue weighted by Crippen LogP contribution is -2.44. The van der Waals surface area contributed by atoms with Crippen molar-refractivity contribution in [3.05, 3.63) is 46.4 Å². The van der Waals surface area contributed by atoms with Gasteiger partial charge < -0.3 is 19.9 Å². The number of carbonyl (C=O) groups is 1. The van der Waals surface area contributed by atoms with Gasteiger partial charge in [0.05, 0.1) is 25.2 Å². The predicted molar refractivity (Wildman–Crippen MR) is 114 cm³/mol. The van der Waals surface area contributed by atoms with Gasteiger partial charge in [0.2, 0.25) is 5.91 Å². The Labute approximate surface area is 171 Å². The first-order valence-corrected chi connectivity index (χ1v) is 10.0. The standard InChI is InChI=1S/C20H29N5O2S/c1-15(19-21-10-11-28-19)14-25(4)20(23-13-18(26)24(2)3)22-12-16-6-8-17(27-5)9-7-16/h6-11,15H,12-14H2,1-5H3,(H,22,23). The number of guanidine groups is 1. The summed E-state index contributed by atoms with van der Waals surface area (Å²) in [7, 11) is 7.11. The van der Waals surface area contributed by atoms with Gasteiger partial charge in [-0.25, -0.2) is 9.98 Å². The van der Waals surface area contributed by atoms with Crippen LogP contribution in [0.1, 0.15) is 23.4 Å². The van der Waals surface area contributed by atoms with Gasteiger partial charge in [-0.05, 0) is 17.7 Å². The van der Waals surface area contributed by atoms with Crippen LogP contribution in [-0.4, -0.2) is 68.0 Å². The molecule has 7 nitrogen and oxygen atoms in total. The fourth-order valence-electron chi connectivity index (χ4n) is 2.57. The van der Waals surface area contributed by atoms with Crippen molar-refractivity contribution < 1.29 is 9.53 Å². The number of thiazole rings is 1. The molecule has 0 bridgehead atoms. The van der Waals surface area contributed by atoms with Gasteiger partial charge in [0.25, 0.3) is 0 Å². The second kappa shape index (κ2) is 10.7. The van der Waals surface area contributed by atoms with E-state index in [0.29, 0.717) is 12.5 Å². The summed E-state index contributed by atoms with van der Waals surface area (Å²) in [5.74, 6) is 1.77. The summed E-state index contributed by atoms with van der Waals surface area (Å²) in [6.07, 6.45) is 1.82. The molecule has 152 valence electrons. The van der Waals surface area contributed by atoms with Crippen molar-refractivity contribution in [2.75, 3.05) is 41.3 Å². The molecule has 1 aromatic carbocycles. The number of rotatable bonds is 8. The molecule has 1 heterocycles. The van der Waals surface area contributed by atoms with Crippen LogP contribution in [0.25, 0.3) is 0 Å². The van der Waals surface area contributed by atoms with Crippen molar-refractivity contribution in [1.82, 2.24) is 20.1 Å². The maximum atomic E-state index is 12.0. The summed E-state index contributed by atoms with van der Waals surface area (Å²) >= 11 is 1.65. The first-order chi connectivity index (χ1) is 13.4. The number of hydrogen-bond donors (Lipinski definition) is 1. The van der Waals surface area contributed by atoms with Crippen LogP contribution in [0.3, 0.4) is 0 Å². The third kappa shape index (κ3) is 6.53. The zero-order valence-electron chi connectivity index (χ0n) is 17.2. The molecule has 2 aromatic rings. The molecule has 0 saturated heterocycles. The SMILES string of the molecule is COc1ccc(CN=C(NCC(=O)N(C)C)N(C)CC(C)c2nccs2)cc1. The fraction of sp³-hybridized carbons (Fsp3) is 0.450. The monoisotopic (exact) mass is 403 g/mol. The van der Waals surface area contributed by atoms with Gasteiger partial charge in [0.1, 0.15) is 5.75 Å². The number of benzene rings is 1. The third-order valence-corrected chi connectivity index (χ3v) is 5.26. The molecular formula is C20H29N5O2S. The number of carbonyl (C=O) groups excluding carboxylic acids is 1. The molecule has 0 spiro atoms. The lowest BCUT2D eigenvalue weighted by atomic mass is 10.2. The maximum absolute atomic E-state index is 12.0. The number of aliphatic imine (C=N–C) groups is 1. The molecule has 0 aliphatic rings. The highest BCUT2D eigenvalue weighted by Crippen LogP contribution is 2.18. The summed E-state index contributed by atoms with van der Waals surface area (Å²) in [5, 5.41) is 6.26. The summed E-state index contributed by atoms with van der Waals surface area (Å²) in [6.45, 7) is 3.60. The highest BCUT2D eigenvalue weighted by molar-refractivity contribution is 7.09. The van der Waals surface area contributed by atoms with Crippen LogP contribution >= 0.6 is 11.3 Å². The number of likely N-dealkylation sites (N-methyl/N-ethyl adjacent to an activating group) is 2. The Morgan fingerprint density at radius 1 is 1.29 bits per heavy atom. The number of hydrogen-bond acceptors (Lipinski definition) is 5. The van der Waals surface area contributed by atoms with E-state index in [-0.39, 0.29) is 18.4 Å². The van der Waals surface area contributed by atoms with E-state index in [4.69, 9.17) is 9.73 Å². The van der Waals surface area contributed by atoms with Crippen LogP contribution in [0.4, 0.5) is 0 Å². The van der Waals surface area contributed by atoms with Gasteiger partial charge in [-0.1, -0.05) is 19.1 Å². The van der Waals surface area contributed by atoms with Crippen LogP contribution in [0.15, 0.2) is 40.8 Å². The highest BCUT2D eigenvalue weighted by atomic mass is 32.1. The van der Waals surface area contributed by atoms with Crippen molar-refractivity contribution >= 4 is 23.2 Å². The quantitative estimate of drug-likeness (QED) is 0.541. The van der Waals surface area contributed by atoms with Gasteiger partial charge in [0, 0.05) is 45.2 Å². The molecule has 1 aromatic heterocycles. The van der Waals surface area contributed by atoms with Crippen LogP contribution < -0.4 is 10.1 Å². The van der Waals surface area contributed by atoms with E-state index in [1.54, 1.807) is 37.4 Å². The van der Waals surface area contributed by atoms with E-state index in [0.717, 1.165) is 22.9 Å². The van der Waals surface area contributed by atoms with Crippen LogP contribution in [-0.2, 0) is 11.3 Å². The molecule has 2 rings (SSSR count). The summed E-state index contributed by atoms with van der Waals surface area (Å²) in [6, 6.07) is 7.82. The van der Waals surface area contributed by atoms with Gasteiger partial charge in [-0.3, -0.25) is 4.79 Å². The Morgan fingerprint density at radius 3 is 2.57 bits per heavy atom. The minimum absolute atomic E-state index is 0.00137. The number of methoxy groups -OCH3 is 1. The Kier molecular flexibility index (Phi) is 8.25. The Balaban J connectivity index is 2.08. The van der Waals surface area contributed by atoms with Crippen LogP contribution in [0.2, 0.25) is 0 Å². The van der Waals surface area contributed by atoms with Crippen LogP contribution in [0.5, 0.6) is 5.75 Å². The van der Waals surface area contributed by atoms with E-state index in [9.17, 15) is 4.79 Å². The Bertz CT molecular complexity index is 759. The van der Waals surface area contributed by atoms with Crippen molar-refractivity contribution in [1.29, 1.82) is 0 Å². The number of aromatic nitrogens is 1. The molecule has 1 atom stereocenters. The molecule has 1 N–H and O–H groups in total.